The highest BCUT2D eigenvalue weighted by molar-refractivity contribution is 5.84. The Balaban J connectivity index is 2.97. The molecule has 0 aliphatic carbocycles. The maximum Gasteiger partial charge on any atom is 0.0882 e. The maximum atomic E-state index is 4.69. The number of aliphatic imine (C=N–C) groups is 1. The molecule has 0 aliphatic rings. The van der Waals surface area contributed by atoms with E-state index in [1.807, 2.05) is 37.4 Å². The van der Waals surface area contributed by atoms with Crippen molar-refractivity contribution in [2.75, 3.05) is 34.2 Å². The van der Waals surface area contributed by atoms with Crippen molar-refractivity contribution in [1.29, 1.82) is 0 Å². The molecule has 0 unspecified atom stereocenters. The lowest BCUT2D eigenvalue weighted by Gasteiger charge is -2.24. The maximum absolute atomic E-state index is 4.69. The van der Waals surface area contributed by atoms with Gasteiger partial charge < -0.3 is 9.80 Å². The number of allylic oxidation sites excluding steroid dienone is 3. The first-order valence-corrected chi connectivity index (χ1v) is 8.17. The van der Waals surface area contributed by atoms with Gasteiger partial charge in [-0.15, -0.1) is 0 Å². The topological polar surface area (TPSA) is 31.7 Å². The van der Waals surface area contributed by atoms with E-state index in [0.29, 0.717) is 0 Å². The summed E-state index contributed by atoms with van der Waals surface area (Å²) in [5.74, 6) is 0. The van der Waals surface area contributed by atoms with Gasteiger partial charge in [-0.05, 0) is 52.1 Å². The van der Waals surface area contributed by atoms with Gasteiger partial charge in [0.05, 0.1) is 23.3 Å². The smallest absolute Gasteiger partial charge is 0.0882 e. The number of aromatic nitrogens is 1. The van der Waals surface area contributed by atoms with Gasteiger partial charge in [0, 0.05) is 26.3 Å². The molecule has 1 aromatic heterocycles. The van der Waals surface area contributed by atoms with Crippen LogP contribution in [-0.2, 0) is 0 Å². The molecule has 0 amide bonds. The van der Waals surface area contributed by atoms with E-state index in [1.54, 1.807) is 6.20 Å². The number of pyridine rings is 1. The molecule has 0 spiro atoms. The monoisotopic (exact) mass is 314 g/mol. The fraction of sp³-hybridized carbons (Fsp3) is 0.474. The molecule has 0 saturated carbocycles. The molecule has 4 heteroatoms. The molecule has 0 fully saturated rings. The molecule has 0 atom stereocenters. The fourth-order valence-electron chi connectivity index (χ4n) is 2.12. The zero-order valence-corrected chi connectivity index (χ0v) is 15.4. The van der Waals surface area contributed by atoms with Crippen molar-refractivity contribution in [1.82, 2.24) is 14.8 Å². The first-order chi connectivity index (χ1) is 11.0. The third-order valence-electron chi connectivity index (χ3n) is 3.79. The van der Waals surface area contributed by atoms with Crippen LogP contribution in [0.25, 0.3) is 5.70 Å². The molecular weight excluding hydrogens is 284 g/mol. The average Bonchev–Trinajstić information content (AvgIpc) is 2.57. The minimum absolute atomic E-state index is 0.896. The number of likely N-dealkylation sites (N-methyl/N-ethyl adjacent to an activating group) is 2. The lowest BCUT2D eigenvalue weighted by molar-refractivity contribution is 0.332. The van der Waals surface area contributed by atoms with Gasteiger partial charge in [-0.1, -0.05) is 19.1 Å². The van der Waals surface area contributed by atoms with Crippen molar-refractivity contribution in [3.05, 3.63) is 47.4 Å². The van der Waals surface area contributed by atoms with E-state index < -0.39 is 0 Å². The second kappa shape index (κ2) is 9.95. The van der Waals surface area contributed by atoms with E-state index in [4.69, 9.17) is 4.99 Å². The van der Waals surface area contributed by atoms with Crippen molar-refractivity contribution in [2.45, 2.75) is 27.2 Å². The quantitative estimate of drug-likeness (QED) is 0.686. The Kier molecular flexibility index (Phi) is 8.27. The number of hydrogen-bond acceptors (Lipinski definition) is 4. The molecule has 0 aliphatic heterocycles. The van der Waals surface area contributed by atoms with Crippen molar-refractivity contribution in [3.8, 4) is 0 Å². The summed E-state index contributed by atoms with van der Waals surface area (Å²) in [5.41, 5.74) is 4.32. The largest absolute Gasteiger partial charge is 0.372 e. The molecule has 0 N–H and O–H groups in total. The Labute approximate surface area is 141 Å². The van der Waals surface area contributed by atoms with E-state index in [-0.39, 0.29) is 0 Å². The van der Waals surface area contributed by atoms with E-state index in [2.05, 4.69) is 49.8 Å². The molecule has 0 aromatic carbocycles. The highest BCUT2D eigenvalue weighted by Gasteiger charge is 2.07. The van der Waals surface area contributed by atoms with E-state index in [0.717, 1.165) is 30.9 Å². The summed E-state index contributed by atoms with van der Waals surface area (Å²) >= 11 is 0. The summed E-state index contributed by atoms with van der Waals surface area (Å²) in [6.07, 6.45) is 6.78. The van der Waals surface area contributed by atoms with Crippen LogP contribution in [0.1, 0.15) is 32.9 Å². The van der Waals surface area contributed by atoms with Gasteiger partial charge in [0.25, 0.3) is 0 Å². The first-order valence-electron chi connectivity index (χ1n) is 8.17. The van der Waals surface area contributed by atoms with Crippen LogP contribution in [0.2, 0.25) is 0 Å². The van der Waals surface area contributed by atoms with Crippen LogP contribution in [0.4, 0.5) is 0 Å². The Morgan fingerprint density at radius 1 is 1.22 bits per heavy atom. The molecule has 1 rings (SSSR count). The van der Waals surface area contributed by atoms with Gasteiger partial charge in [-0.2, -0.15) is 0 Å². The second-order valence-electron chi connectivity index (χ2n) is 5.89. The van der Waals surface area contributed by atoms with Crippen molar-refractivity contribution >= 4 is 11.9 Å². The number of nitrogens with zero attached hydrogens (tertiary/aromatic N) is 4. The minimum Gasteiger partial charge on any atom is -0.372 e. The normalized spacial score (nSPS) is 13.6. The molecule has 23 heavy (non-hydrogen) atoms. The van der Waals surface area contributed by atoms with E-state index >= 15 is 0 Å². The van der Waals surface area contributed by atoms with Gasteiger partial charge in [0.1, 0.15) is 0 Å². The Hall–Kier alpha value is -1.94. The molecule has 0 saturated heterocycles. The second-order valence-corrected chi connectivity index (χ2v) is 5.89. The highest BCUT2D eigenvalue weighted by Crippen LogP contribution is 2.15. The van der Waals surface area contributed by atoms with Gasteiger partial charge >= 0.3 is 0 Å². The van der Waals surface area contributed by atoms with Crippen LogP contribution in [0.3, 0.4) is 0 Å². The Morgan fingerprint density at radius 3 is 2.48 bits per heavy atom. The fourth-order valence-corrected chi connectivity index (χ4v) is 2.12. The Morgan fingerprint density at radius 2 is 1.96 bits per heavy atom. The van der Waals surface area contributed by atoms with Crippen LogP contribution >= 0.6 is 0 Å². The van der Waals surface area contributed by atoms with Crippen molar-refractivity contribution < 1.29 is 0 Å². The summed E-state index contributed by atoms with van der Waals surface area (Å²) in [5, 5.41) is 0. The van der Waals surface area contributed by atoms with Crippen LogP contribution in [0, 0.1) is 0 Å². The predicted molar refractivity (Wildman–Crippen MR) is 101 cm³/mol. The van der Waals surface area contributed by atoms with E-state index in [9.17, 15) is 0 Å². The van der Waals surface area contributed by atoms with Crippen molar-refractivity contribution in [3.63, 3.8) is 0 Å². The molecule has 0 radical (unpaired) electrons. The lowest BCUT2D eigenvalue weighted by Crippen LogP contribution is -2.29. The Bertz CT molecular complexity index is 556. The summed E-state index contributed by atoms with van der Waals surface area (Å²) in [6, 6.07) is 5.89. The third kappa shape index (κ3) is 6.37. The molecular formula is C19H30N4. The zero-order valence-electron chi connectivity index (χ0n) is 15.4. The van der Waals surface area contributed by atoms with Gasteiger partial charge in [0.2, 0.25) is 0 Å². The lowest BCUT2D eigenvalue weighted by atomic mass is 10.1. The van der Waals surface area contributed by atoms with Gasteiger partial charge in [-0.25, -0.2) is 0 Å². The molecule has 1 heterocycles. The molecule has 0 bridgehead atoms. The zero-order chi connectivity index (χ0) is 17.2. The average molecular weight is 314 g/mol. The molecule has 126 valence electrons. The van der Waals surface area contributed by atoms with Crippen LogP contribution in [0.15, 0.2) is 46.7 Å². The molecule has 1 aromatic rings. The van der Waals surface area contributed by atoms with Crippen LogP contribution in [-0.4, -0.2) is 55.2 Å². The summed E-state index contributed by atoms with van der Waals surface area (Å²) in [7, 11) is 6.31. The first kappa shape index (κ1) is 19.1. The molecule has 4 nitrogen and oxygen atoms in total. The standard InChI is InChI=1S/C19H30N4/c1-7-16(3)19(23(6)14-13-22(4)5)15-21-17(8-2)18-11-9-10-12-20-18/h8-12,15H,7,13-14H2,1-6H3/b17-8-,19-16-,21-15+. The summed E-state index contributed by atoms with van der Waals surface area (Å²) in [6.45, 7) is 8.33. The number of rotatable bonds is 8. The predicted octanol–water partition coefficient (Wildman–Crippen LogP) is 3.69. The van der Waals surface area contributed by atoms with Gasteiger partial charge in [0.15, 0.2) is 0 Å². The van der Waals surface area contributed by atoms with Gasteiger partial charge in [-0.3, -0.25) is 9.98 Å². The van der Waals surface area contributed by atoms with Crippen molar-refractivity contribution in [2.24, 2.45) is 4.99 Å². The SMILES string of the molecule is C\C=C(/N=C/C(=C(\C)CC)N(C)CCN(C)C)c1ccccn1. The summed E-state index contributed by atoms with van der Waals surface area (Å²) in [4.78, 5) is 13.5. The number of hydrogen-bond donors (Lipinski definition) is 0. The van der Waals surface area contributed by atoms with E-state index in [1.165, 1.54) is 11.3 Å². The highest BCUT2D eigenvalue weighted by atomic mass is 15.2. The third-order valence-corrected chi connectivity index (χ3v) is 3.79. The minimum atomic E-state index is 0.896. The summed E-state index contributed by atoms with van der Waals surface area (Å²) < 4.78 is 0. The van der Waals surface area contributed by atoms with Crippen LogP contribution in [0.5, 0.6) is 0 Å². The van der Waals surface area contributed by atoms with Crippen LogP contribution < -0.4 is 0 Å².